The fourth-order valence-corrected chi connectivity index (χ4v) is 5.86. The molecule has 0 heterocycles. The van der Waals surface area contributed by atoms with Crippen LogP contribution in [-0.2, 0) is 19.0 Å². The van der Waals surface area contributed by atoms with Crippen LogP contribution in [0.4, 0.5) is 0 Å². The van der Waals surface area contributed by atoms with Gasteiger partial charge in [-0.2, -0.15) is 0 Å². The Morgan fingerprint density at radius 2 is 1.20 bits per heavy atom. The maximum Gasteiger partial charge on any atom is 0.190 e. The zero-order valence-electron chi connectivity index (χ0n) is 26.1. The molecule has 0 radical (unpaired) electrons. The summed E-state index contributed by atoms with van der Waals surface area (Å²) < 4.78 is 29.0. The van der Waals surface area contributed by atoms with E-state index >= 15 is 0 Å². The smallest absolute Gasteiger partial charge is 0.190 e. The van der Waals surface area contributed by atoms with Crippen LogP contribution in [0.2, 0.25) is 0 Å². The lowest BCUT2D eigenvalue weighted by Gasteiger charge is -2.16. The third-order valence-corrected chi connectivity index (χ3v) is 8.35. The summed E-state index contributed by atoms with van der Waals surface area (Å²) in [4.78, 5) is 14.5. The van der Waals surface area contributed by atoms with Gasteiger partial charge in [-0.3, -0.25) is 4.79 Å². The molecule has 0 aliphatic carbocycles. The van der Waals surface area contributed by atoms with Gasteiger partial charge in [0.1, 0.15) is 30.5 Å². The Morgan fingerprint density at radius 1 is 0.609 bits per heavy atom. The highest BCUT2D eigenvalue weighted by molar-refractivity contribution is 7.98. The molecular formula is C39H36O6S. The summed E-state index contributed by atoms with van der Waals surface area (Å²) >= 11 is 1.52. The largest absolute Gasteiger partial charge is 0.497 e. The Hall–Kier alpha value is -5.14. The van der Waals surface area contributed by atoms with Crippen molar-refractivity contribution in [1.82, 2.24) is 0 Å². The van der Waals surface area contributed by atoms with Crippen molar-refractivity contribution in [2.45, 2.75) is 23.9 Å². The van der Waals surface area contributed by atoms with Crippen LogP contribution >= 0.6 is 11.8 Å². The molecule has 0 bridgehead atoms. The highest BCUT2D eigenvalue weighted by atomic mass is 32.2. The van der Waals surface area contributed by atoms with E-state index in [4.69, 9.17) is 23.7 Å². The molecule has 7 heteroatoms. The topological polar surface area (TPSA) is 63.2 Å². The van der Waals surface area contributed by atoms with Crippen molar-refractivity contribution in [1.29, 1.82) is 0 Å². The van der Waals surface area contributed by atoms with Crippen LogP contribution in [0.15, 0.2) is 126 Å². The van der Waals surface area contributed by atoms with Gasteiger partial charge in [-0.25, -0.2) is 0 Å². The molecule has 0 unspecified atom stereocenters. The van der Waals surface area contributed by atoms with Crippen molar-refractivity contribution in [3.63, 3.8) is 0 Å². The van der Waals surface area contributed by atoms with Crippen molar-refractivity contribution in [2.24, 2.45) is 0 Å². The number of methoxy groups -OCH3 is 3. The standard InChI is InChI=1S/C39H36O6S/c1-41-32-18-14-31(15-19-32)27-46-39-36(43-3)23-22-35(42-2)38(39)33(40)20-16-28-17-21-34(44-25-29-10-6-4-7-11-29)37(24-28)45-26-30-12-8-5-9-13-30/h4-24H,25-27H2,1-3H3/b20-16+. The molecule has 0 saturated carbocycles. The fraction of sp³-hybridized carbons (Fsp3) is 0.154. The van der Waals surface area contributed by atoms with Crippen molar-refractivity contribution in [3.8, 4) is 28.7 Å². The van der Waals surface area contributed by atoms with Gasteiger partial charge in [0, 0.05) is 5.75 Å². The van der Waals surface area contributed by atoms with Crippen LogP contribution in [0, 0.1) is 0 Å². The molecule has 0 aliphatic rings. The third-order valence-electron chi connectivity index (χ3n) is 7.18. The molecule has 0 aromatic heterocycles. The number of ether oxygens (including phenoxy) is 5. The van der Waals surface area contributed by atoms with E-state index in [1.54, 1.807) is 39.5 Å². The highest BCUT2D eigenvalue weighted by Crippen LogP contribution is 2.40. The van der Waals surface area contributed by atoms with E-state index < -0.39 is 0 Å². The molecule has 6 nitrogen and oxygen atoms in total. The second-order valence-electron chi connectivity index (χ2n) is 10.3. The van der Waals surface area contributed by atoms with E-state index in [-0.39, 0.29) is 5.78 Å². The molecule has 5 aromatic rings. The molecule has 0 atom stereocenters. The molecule has 0 aliphatic heterocycles. The minimum Gasteiger partial charge on any atom is -0.497 e. The van der Waals surface area contributed by atoms with E-state index in [9.17, 15) is 4.79 Å². The van der Waals surface area contributed by atoms with Gasteiger partial charge in [0.25, 0.3) is 0 Å². The Bertz CT molecular complexity index is 1750. The summed E-state index contributed by atoms with van der Waals surface area (Å²) in [6, 6.07) is 37.0. The Morgan fingerprint density at radius 3 is 1.80 bits per heavy atom. The van der Waals surface area contributed by atoms with Crippen molar-refractivity contribution in [2.75, 3.05) is 21.3 Å². The number of carbonyl (C=O) groups is 1. The maximum atomic E-state index is 13.8. The Kier molecular flexibility index (Phi) is 11.4. The summed E-state index contributed by atoms with van der Waals surface area (Å²) in [7, 11) is 4.80. The number of allylic oxidation sites excluding steroid dienone is 1. The maximum absolute atomic E-state index is 13.8. The van der Waals surface area contributed by atoms with Crippen LogP contribution < -0.4 is 23.7 Å². The van der Waals surface area contributed by atoms with Crippen LogP contribution in [0.1, 0.15) is 32.6 Å². The SMILES string of the molecule is COc1ccc(CSc2c(OC)ccc(OC)c2C(=O)/C=C/c2ccc(OCc3ccccc3)c(OCc3ccccc3)c2)cc1. The highest BCUT2D eigenvalue weighted by Gasteiger charge is 2.21. The lowest BCUT2D eigenvalue weighted by Crippen LogP contribution is -2.04. The van der Waals surface area contributed by atoms with Gasteiger partial charge < -0.3 is 23.7 Å². The van der Waals surface area contributed by atoms with Gasteiger partial charge in [0.2, 0.25) is 0 Å². The summed E-state index contributed by atoms with van der Waals surface area (Å²) in [6.45, 7) is 0.785. The molecule has 0 spiro atoms. The number of thioether (sulfide) groups is 1. The number of hydrogen-bond donors (Lipinski definition) is 0. The molecule has 0 saturated heterocycles. The first-order valence-corrected chi connectivity index (χ1v) is 15.8. The Balaban J connectivity index is 1.39. The zero-order valence-corrected chi connectivity index (χ0v) is 26.9. The van der Waals surface area contributed by atoms with Gasteiger partial charge in [-0.1, -0.05) is 84.9 Å². The lowest BCUT2D eigenvalue weighted by atomic mass is 10.1. The number of rotatable bonds is 15. The molecule has 5 rings (SSSR count). The predicted molar refractivity (Wildman–Crippen MR) is 183 cm³/mol. The predicted octanol–water partition coefficient (Wildman–Crippen LogP) is 9.06. The van der Waals surface area contributed by atoms with Crippen LogP contribution in [-0.4, -0.2) is 27.1 Å². The van der Waals surface area contributed by atoms with Crippen LogP contribution in [0.5, 0.6) is 28.7 Å². The van der Waals surface area contributed by atoms with E-state index in [1.165, 1.54) is 11.8 Å². The van der Waals surface area contributed by atoms with E-state index in [1.807, 2.05) is 109 Å². The minimum absolute atomic E-state index is 0.205. The summed E-state index contributed by atoms with van der Waals surface area (Å²) in [5.41, 5.74) is 4.41. The molecule has 0 amide bonds. The molecule has 0 fully saturated rings. The number of ketones is 1. The average Bonchev–Trinajstić information content (AvgIpc) is 3.12. The van der Waals surface area contributed by atoms with Gasteiger partial charge in [0.05, 0.1) is 31.8 Å². The van der Waals surface area contributed by atoms with Crippen molar-refractivity contribution >= 4 is 23.6 Å². The van der Waals surface area contributed by atoms with Gasteiger partial charge >= 0.3 is 0 Å². The minimum atomic E-state index is -0.205. The van der Waals surface area contributed by atoms with E-state index in [0.29, 0.717) is 52.4 Å². The first-order valence-electron chi connectivity index (χ1n) is 14.8. The second kappa shape index (κ2) is 16.3. The van der Waals surface area contributed by atoms with Gasteiger partial charge in [-0.15, -0.1) is 11.8 Å². The average molecular weight is 633 g/mol. The molecule has 234 valence electrons. The number of hydrogen-bond acceptors (Lipinski definition) is 7. The van der Waals surface area contributed by atoms with Crippen molar-refractivity contribution < 1.29 is 28.5 Å². The summed E-state index contributed by atoms with van der Waals surface area (Å²) in [5.74, 6) is 3.50. The first-order chi connectivity index (χ1) is 22.6. The second-order valence-corrected chi connectivity index (χ2v) is 11.2. The summed E-state index contributed by atoms with van der Waals surface area (Å²) in [5, 5.41) is 0. The van der Waals surface area contributed by atoms with E-state index in [2.05, 4.69) is 0 Å². The normalized spacial score (nSPS) is 10.8. The van der Waals surface area contributed by atoms with E-state index in [0.717, 1.165) is 28.0 Å². The fourth-order valence-electron chi connectivity index (χ4n) is 4.72. The zero-order chi connectivity index (χ0) is 32.1. The first kappa shape index (κ1) is 32.3. The number of benzene rings is 5. The van der Waals surface area contributed by atoms with Crippen LogP contribution in [0.3, 0.4) is 0 Å². The molecule has 5 aromatic carbocycles. The van der Waals surface area contributed by atoms with Gasteiger partial charge in [0.15, 0.2) is 17.3 Å². The van der Waals surface area contributed by atoms with Crippen molar-refractivity contribution in [3.05, 3.63) is 149 Å². The lowest BCUT2D eigenvalue weighted by molar-refractivity contribution is 0.104. The molecule has 0 N–H and O–H groups in total. The summed E-state index contributed by atoms with van der Waals surface area (Å²) in [6.07, 6.45) is 3.32. The monoisotopic (exact) mass is 632 g/mol. The molecular weight excluding hydrogens is 596 g/mol. The van der Waals surface area contributed by atoms with Gasteiger partial charge in [-0.05, 0) is 64.7 Å². The Labute approximate surface area is 274 Å². The number of carbonyl (C=O) groups excluding carboxylic acids is 1. The quantitative estimate of drug-likeness (QED) is 0.0648. The van der Waals surface area contributed by atoms with Crippen LogP contribution in [0.25, 0.3) is 6.08 Å². The molecule has 46 heavy (non-hydrogen) atoms. The third kappa shape index (κ3) is 8.52.